The summed E-state index contributed by atoms with van der Waals surface area (Å²) in [5.41, 5.74) is 0.487. The molecular weight excluding hydrogens is 272 g/mol. The van der Waals surface area contributed by atoms with Crippen molar-refractivity contribution in [2.75, 3.05) is 32.9 Å². The van der Waals surface area contributed by atoms with Gasteiger partial charge in [0, 0.05) is 25.5 Å². The number of piperidine rings is 1. The fourth-order valence-corrected chi connectivity index (χ4v) is 3.11. The fourth-order valence-electron chi connectivity index (χ4n) is 2.43. The Bertz CT molecular complexity index is 460. The van der Waals surface area contributed by atoms with E-state index >= 15 is 0 Å². The van der Waals surface area contributed by atoms with Gasteiger partial charge in [-0.1, -0.05) is 6.92 Å². The van der Waals surface area contributed by atoms with Crippen LogP contribution >= 0.6 is 11.8 Å². The number of thioether (sulfide) groups is 1. The number of rotatable bonds is 4. The normalized spacial score (nSPS) is 17.1. The van der Waals surface area contributed by atoms with Crippen LogP contribution < -0.4 is 0 Å². The average molecular weight is 294 g/mol. The largest absolute Gasteiger partial charge is 0.337 e. The number of likely N-dealkylation sites (tertiary alicyclic amines) is 1. The van der Waals surface area contributed by atoms with Crippen molar-refractivity contribution in [3.8, 4) is 0 Å². The first kappa shape index (κ1) is 15.3. The van der Waals surface area contributed by atoms with Gasteiger partial charge in [-0.25, -0.2) is 9.97 Å². The first-order chi connectivity index (χ1) is 9.63. The van der Waals surface area contributed by atoms with Gasteiger partial charge in [-0.15, -0.1) is 11.8 Å². The Morgan fingerprint density at radius 3 is 2.70 bits per heavy atom. The third kappa shape index (κ3) is 3.49. The van der Waals surface area contributed by atoms with Gasteiger partial charge in [0.15, 0.2) is 5.69 Å². The molecule has 5 nitrogen and oxygen atoms in total. The molecule has 1 aliphatic rings. The molecule has 1 aromatic rings. The zero-order chi connectivity index (χ0) is 14.5. The molecule has 0 radical (unpaired) electrons. The molecule has 0 atom stereocenters. The first-order valence-electron chi connectivity index (χ1n) is 7.03. The highest BCUT2D eigenvalue weighted by atomic mass is 32.2. The van der Waals surface area contributed by atoms with Gasteiger partial charge in [-0.05, 0) is 38.7 Å². The van der Waals surface area contributed by atoms with E-state index in [1.54, 1.807) is 24.2 Å². The Labute approximate surface area is 124 Å². The Morgan fingerprint density at radius 1 is 1.40 bits per heavy atom. The highest BCUT2D eigenvalue weighted by Gasteiger charge is 2.27. The lowest BCUT2D eigenvalue weighted by Gasteiger charge is -2.35. The van der Waals surface area contributed by atoms with Crippen molar-refractivity contribution >= 4 is 17.7 Å². The molecule has 0 saturated carbocycles. The molecule has 1 saturated heterocycles. The molecule has 110 valence electrons. The molecule has 0 bridgehead atoms. The van der Waals surface area contributed by atoms with E-state index in [0.29, 0.717) is 11.7 Å². The maximum Gasteiger partial charge on any atom is 0.275 e. The van der Waals surface area contributed by atoms with Crippen molar-refractivity contribution < 1.29 is 4.79 Å². The quantitative estimate of drug-likeness (QED) is 0.792. The van der Waals surface area contributed by atoms with Crippen LogP contribution in [0, 0.1) is 0 Å². The summed E-state index contributed by atoms with van der Waals surface area (Å²) in [4.78, 5) is 25.3. The van der Waals surface area contributed by atoms with E-state index in [4.69, 9.17) is 0 Å². The zero-order valence-electron chi connectivity index (χ0n) is 12.4. The molecule has 2 rings (SSSR count). The minimum atomic E-state index is -0.0106. The van der Waals surface area contributed by atoms with Crippen molar-refractivity contribution in [3.63, 3.8) is 0 Å². The molecule has 0 unspecified atom stereocenters. The van der Waals surface area contributed by atoms with Crippen LogP contribution in [-0.2, 0) is 0 Å². The highest BCUT2D eigenvalue weighted by Crippen LogP contribution is 2.21. The molecule has 1 fully saturated rings. The van der Waals surface area contributed by atoms with Gasteiger partial charge in [0.05, 0.1) is 0 Å². The predicted molar refractivity (Wildman–Crippen MR) is 81.0 cm³/mol. The topological polar surface area (TPSA) is 49.3 Å². The smallest absolute Gasteiger partial charge is 0.275 e. The highest BCUT2D eigenvalue weighted by molar-refractivity contribution is 7.99. The van der Waals surface area contributed by atoms with Crippen LogP contribution in [0.15, 0.2) is 17.4 Å². The van der Waals surface area contributed by atoms with Crippen molar-refractivity contribution in [3.05, 3.63) is 18.1 Å². The van der Waals surface area contributed by atoms with E-state index in [9.17, 15) is 4.79 Å². The molecule has 2 heterocycles. The summed E-state index contributed by atoms with van der Waals surface area (Å²) in [6.45, 7) is 4.13. The number of aromatic nitrogens is 2. The number of amides is 1. The van der Waals surface area contributed by atoms with E-state index in [0.717, 1.165) is 36.7 Å². The zero-order valence-corrected chi connectivity index (χ0v) is 13.2. The molecule has 0 aliphatic carbocycles. The van der Waals surface area contributed by atoms with E-state index in [1.165, 1.54) is 0 Å². The molecule has 0 spiro atoms. The Balaban J connectivity index is 2.10. The summed E-state index contributed by atoms with van der Waals surface area (Å²) in [5, 5.41) is 0.736. The van der Waals surface area contributed by atoms with Gasteiger partial charge in [0.2, 0.25) is 0 Å². The van der Waals surface area contributed by atoms with Crippen LogP contribution in [0.1, 0.15) is 30.3 Å². The van der Waals surface area contributed by atoms with Crippen LogP contribution in [0.5, 0.6) is 0 Å². The maximum atomic E-state index is 12.6. The Hall–Kier alpha value is -1.14. The second-order valence-corrected chi connectivity index (χ2v) is 6.35. The van der Waals surface area contributed by atoms with Gasteiger partial charge in [-0.3, -0.25) is 4.79 Å². The molecule has 0 N–H and O–H groups in total. The second-order valence-electron chi connectivity index (χ2n) is 5.09. The van der Waals surface area contributed by atoms with E-state index in [2.05, 4.69) is 21.9 Å². The van der Waals surface area contributed by atoms with Crippen LogP contribution in [0.3, 0.4) is 0 Å². The van der Waals surface area contributed by atoms with E-state index in [-0.39, 0.29) is 5.91 Å². The predicted octanol–water partition coefficient (Wildman–Crippen LogP) is 1.75. The maximum absolute atomic E-state index is 12.6. The number of carbonyl (C=O) groups is 1. The van der Waals surface area contributed by atoms with Crippen LogP contribution in [0.2, 0.25) is 0 Å². The lowest BCUT2D eigenvalue weighted by atomic mass is 10.0. The molecular formula is C14H22N4OS. The van der Waals surface area contributed by atoms with Crippen LogP contribution in [0.4, 0.5) is 0 Å². The first-order valence-corrected chi connectivity index (χ1v) is 8.01. The average Bonchev–Trinajstić information content (AvgIpc) is 2.47. The van der Waals surface area contributed by atoms with Crippen LogP contribution in [0.25, 0.3) is 0 Å². The number of hydrogen-bond acceptors (Lipinski definition) is 5. The van der Waals surface area contributed by atoms with Crippen molar-refractivity contribution in [1.82, 2.24) is 19.8 Å². The van der Waals surface area contributed by atoms with Gasteiger partial charge < -0.3 is 9.80 Å². The fraction of sp³-hybridized carbons (Fsp3) is 0.643. The van der Waals surface area contributed by atoms with E-state index in [1.807, 2.05) is 18.9 Å². The molecule has 20 heavy (non-hydrogen) atoms. The summed E-state index contributed by atoms with van der Waals surface area (Å²) < 4.78 is 0. The van der Waals surface area contributed by atoms with Crippen molar-refractivity contribution in [2.45, 2.75) is 30.8 Å². The third-order valence-corrected chi connectivity index (χ3v) is 4.57. The molecule has 1 aliphatic heterocycles. The van der Waals surface area contributed by atoms with Crippen molar-refractivity contribution in [2.24, 2.45) is 0 Å². The number of nitrogens with zero attached hydrogens (tertiary/aromatic N) is 4. The number of carbonyl (C=O) groups excluding carboxylic acids is 1. The van der Waals surface area contributed by atoms with E-state index < -0.39 is 0 Å². The van der Waals surface area contributed by atoms with Crippen LogP contribution in [-0.4, -0.2) is 64.7 Å². The van der Waals surface area contributed by atoms with Crippen molar-refractivity contribution in [1.29, 1.82) is 0 Å². The SMILES string of the molecule is CCSc1nccnc1C(=O)N(C)C1CCN(C)CC1. The standard InChI is InChI=1S/C14H22N4OS/c1-4-20-13-12(15-7-8-16-13)14(19)18(3)11-5-9-17(2)10-6-11/h7-8,11H,4-6,9-10H2,1-3H3. The van der Waals surface area contributed by atoms with Gasteiger partial charge in [0.1, 0.15) is 5.03 Å². The van der Waals surface area contributed by atoms with Gasteiger partial charge >= 0.3 is 0 Å². The summed E-state index contributed by atoms with van der Waals surface area (Å²) in [5.74, 6) is 0.875. The molecule has 6 heteroatoms. The number of hydrogen-bond donors (Lipinski definition) is 0. The monoisotopic (exact) mass is 294 g/mol. The lowest BCUT2D eigenvalue weighted by Crippen LogP contribution is -2.44. The minimum absolute atomic E-state index is 0.0106. The molecule has 1 aromatic heterocycles. The summed E-state index contributed by atoms with van der Waals surface area (Å²) >= 11 is 1.57. The summed E-state index contributed by atoms with van der Waals surface area (Å²) in [7, 11) is 4.00. The Morgan fingerprint density at radius 2 is 2.05 bits per heavy atom. The molecule has 1 amide bonds. The van der Waals surface area contributed by atoms with Gasteiger partial charge in [0.25, 0.3) is 5.91 Å². The second kappa shape index (κ2) is 7.04. The Kier molecular flexibility index (Phi) is 5.37. The van der Waals surface area contributed by atoms with Gasteiger partial charge in [-0.2, -0.15) is 0 Å². The lowest BCUT2D eigenvalue weighted by molar-refractivity contribution is 0.0649. The third-order valence-electron chi connectivity index (χ3n) is 3.70. The molecule has 0 aromatic carbocycles. The summed E-state index contributed by atoms with van der Waals surface area (Å²) in [6.07, 6.45) is 5.28. The minimum Gasteiger partial charge on any atom is -0.337 e. The summed E-state index contributed by atoms with van der Waals surface area (Å²) in [6, 6.07) is 0.306.